The number of nitrogens with zero attached hydrogens (tertiary/aromatic N) is 4. The molecule has 2 aliphatic rings. The summed E-state index contributed by atoms with van der Waals surface area (Å²) in [5.74, 6) is 0.451. The zero-order chi connectivity index (χ0) is 19.9. The SMILES string of the molecule is CCC(CC)C(CNC(=O)c1nnn(C2CCNCC2)c1C)N1CCOCC1.Cl.Cl. The van der Waals surface area contributed by atoms with Gasteiger partial charge in [0, 0.05) is 25.7 Å². The molecule has 2 aliphatic heterocycles. The fraction of sp³-hybridized carbons (Fsp3) is 0.850. The second-order valence-corrected chi connectivity index (χ2v) is 7.95. The summed E-state index contributed by atoms with van der Waals surface area (Å²) in [4.78, 5) is 15.3. The van der Waals surface area contributed by atoms with E-state index >= 15 is 0 Å². The molecule has 8 nitrogen and oxygen atoms in total. The van der Waals surface area contributed by atoms with Crippen LogP contribution in [-0.4, -0.2) is 77.8 Å². The average molecular weight is 465 g/mol. The summed E-state index contributed by atoms with van der Waals surface area (Å²) in [6.07, 6.45) is 4.27. The van der Waals surface area contributed by atoms with Gasteiger partial charge >= 0.3 is 0 Å². The normalized spacial score (nSPS) is 19.1. The van der Waals surface area contributed by atoms with Gasteiger partial charge in [0.25, 0.3) is 5.91 Å². The van der Waals surface area contributed by atoms with E-state index < -0.39 is 0 Å². The number of morpholine rings is 1. The van der Waals surface area contributed by atoms with Gasteiger partial charge in [-0.2, -0.15) is 0 Å². The summed E-state index contributed by atoms with van der Waals surface area (Å²) in [5.41, 5.74) is 1.33. The highest BCUT2D eigenvalue weighted by atomic mass is 35.5. The van der Waals surface area contributed by atoms with Crippen molar-refractivity contribution >= 4 is 30.7 Å². The van der Waals surface area contributed by atoms with Gasteiger partial charge in [-0.1, -0.05) is 31.9 Å². The standard InChI is InChI=1S/C20H36N6O2.2ClH/c1-4-16(5-2)18(25-10-12-28-13-11-25)14-22-20(27)19-15(3)26(24-23-19)17-6-8-21-9-7-17;;/h16-18,21H,4-14H2,1-3H3,(H,22,27);2*1H. The van der Waals surface area contributed by atoms with Crippen molar-refractivity contribution < 1.29 is 9.53 Å². The van der Waals surface area contributed by atoms with Gasteiger partial charge in [0.15, 0.2) is 5.69 Å². The Morgan fingerprint density at radius 1 is 1.20 bits per heavy atom. The number of nitrogens with one attached hydrogen (secondary N) is 2. The van der Waals surface area contributed by atoms with Gasteiger partial charge in [0.1, 0.15) is 0 Å². The molecular weight excluding hydrogens is 427 g/mol. The average Bonchev–Trinajstić information content (AvgIpc) is 3.13. The van der Waals surface area contributed by atoms with E-state index in [9.17, 15) is 4.79 Å². The maximum absolute atomic E-state index is 12.9. The number of piperidine rings is 1. The van der Waals surface area contributed by atoms with Crippen LogP contribution in [-0.2, 0) is 4.74 Å². The van der Waals surface area contributed by atoms with E-state index in [1.54, 1.807) is 0 Å². The molecule has 0 spiro atoms. The zero-order valence-corrected chi connectivity index (χ0v) is 20.1. The van der Waals surface area contributed by atoms with Crippen LogP contribution in [0, 0.1) is 12.8 Å². The third-order valence-electron chi connectivity index (χ3n) is 6.38. The van der Waals surface area contributed by atoms with E-state index in [1.807, 2.05) is 11.6 Å². The Hall–Kier alpha value is -0.930. The van der Waals surface area contributed by atoms with Crippen molar-refractivity contribution in [1.29, 1.82) is 0 Å². The lowest BCUT2D eigenvalue weighted by Gasteiger charge is -2.38. The molecule has 1 aromatic heterocycles. The molecule has 2 saturated heterocycles. The summed E-state index contributed by atoms with van der Waals surface area (Å²) < 4.78 is 7.45. The fourth-order valence-electron chi connectivity index (χ4n) is 4.57. The molecule has 1 amide bonds. The highest BCUT2D eigenvalue weighted by Gasteiger charge is 2.28. The molecule has 2 fully saturated rings. The van der Waals surface area contributed by atoms with E-state index in [1.165, 1.54) is 0 Å². The fourth-order valence-corrected chi connectivity index (χ4v) is 4.57. The van der Waals surface area contributed by atoms with Gasteiger partial charge in [-0.3, -0.25) is 9.69 Å². The summed E-state index contributed by atoms with van der Waals surface area (Å²) >= 11 is 0. The Kier molecular flexibility index (Phi) is 12.2. The molecular formula is C20H38Cl2N6O2. The molecule has 3 rings (SSSR count). The van der Waals surface area contributed by atoms with Crippen LogP contribution in [0.15, 0.2) is 0 Å². The summed E-state index contributed by atoms with van der Waals surface area (Å²) in [7, 11) is 0. The van der Waals surface area contributed by atoms with Gasteiger partial charge in [-0.05, 0) is 38.8 Å². The number of hydrogen-bond acceptors (Lipinski definition) is 6. The molecule has 1 aromatic rings. The van der Waals surface area contributed by atoms with E-state index in [4.69, 9.17) is 4.74 Å². The maximum atomic E-state index is 12.9. The monoisotopic (exact) mass is 464 g/mol. The van der Waals surface area contributed by atoms with Gasteiger partial charge < -0.3 is 15.4 Å². The number of carbonyl (C=O) groups excluding carboxylic acids is 1. The molecule has 0 aliphatic carbocycles. The molecule has 0 aromatic carbocycles. The maximum Gasteiger partial charge on any atom is 0.273 e. The number of hydrogen-bond donors (Lipinski definition) is 2. The minimum absolute atomic E-state index is 0. The predicted octanol–water partition coefficient (Wildman–Crippen LogP) is 2.22. The first kappa shape index (κ1) is 27.1. The zero-order valence-electron chi connectivity index (χ0n) is 18.4. The second-order valence-electron chi connectivity index (χ2n) is 7.95. The van der Waals surface area contributed by atoms with Crippen molar-refractivity contribution in [3.63, 3.8) is 0 Å². The molecule has 1 atom stereocenters. The number of halogens is 2. The van der Waals surface area contributed by atoms with Crippen molar-refractivity contribution in [3.05, 3.63) is 11.4 Å². The number of rotatable bonds is 8. The summed E-state index contributed by atoms with van der Waals surface area (Å²) in [6.45, 7) is 12.5. The van der Waals surface area contributed by atoms with Crippen LogP contribution in [0.3, 0.4) is 0 Å². The Bertz CT molecular complexity index is 629. The topological polar surface area (TPSA) is 84.3 Å². The van der Waals surface area contributed by atoms with Crippen molar-refractivity contribution in [2.45, 2.75) is 58.5 Å². The van der Waals surface area contributed by atoms with Crippen molar-refractivity contribution in [3.8, 4) is 0 Å². The Labute approximate surface area is 192 Å². The smallest absolute Gasteiger partial charge is 0.273 e. The van der Waals surface area contributed by atoms with E-state index in [2.05, 4.69) is 39.7 Å². The molecule has 0 bridgehead atoms. The number of amides is 1. The minimum Gasteiger partial charge on any atom is -0.379 e. The first-order chi connectivity index (χ1) is 13.7. The third kappa shape index (κ3) is 6.53. The highest BCUT2D eigenvalue weighted by molar-refractivity contribution is 5.93. The largest absolute Gasteiger partial charge is 0.379 e. The quantitative estimate of drug-likeness (QED) is 0.613. The second kappa shape index (κ2) is 13.5. The van der Waals surface area contributed by atoms with Crippen molar-refractivity contribution in [1.82, 2.24) is 30.5 Å². The predicted molar refractivity (Wildman–Crippen MR) is 123 cm³/mol. The molecule has 2 N–H and O–H groups in total. The molecule has 10 heteroatoms. The number of aromatic nitrogens is 3. The summed E-state index contributed by atoms with van der Waals surface area (Å²) in [6, 6.07) is 0.670. The highest BCUT2D eigenvalue weighted by Crippen LogP contribution is 2.21. The third-order valence-corrected chi connectivity index (χ3v) is 6.38. The summed E-state index contributed by atoms with van der Waals surface area (Å²) in [5, 5.41) is 15.0. The molecule has 0 saturated carbocycles. The molecule has 3 heterocycles. The van der Waals surface area contributed by atoms with E-state index in [0.29, 0.717) is 30.2 Å². The van der Waals surface area contributed by atoms with Crippen LogP contribution in [0.4, 0.5) is 0 Å². The van der Waals surface area contributed by atoms with Crippen molar-refractivity contribution in [2.75, 3.05) is 45.9 Å². The number of carbonyl (C=O) groups is 1. The van der Waals surface area contributed by atoms with Crippen LogP contribution < -0.4 is 10.6 Å². The molecule has 30 heavy (non-hydrogen) atoms. The molecule has 0 radical (unpaired) electrons. The molecule has 1 unspecified atom stereocenters. The first-order valence-electron chi connectivity index (χ1n) is 10.9. The Morgan fingerprint density at radius 3 is 2.43 bits per heavy atom. The van der Waals surface area contributed by atoms with E-state index in [0.717, 1.165) is 70.8 Å². The molecule has 174 valence electrons. The van der Waals surface area contributed by atoms with Crippen LogP contribution >= 0.6 is 24.8 Å². The van der Waals surface area contributed by atoms with Gasteiger partial charge in [0.2, 0.25) is 0 Å². The van der Waals surface area contributed by atoms with Crippen LogP contribution in [0.1, 0.15) is 61.8 Å². The van der Waals surface area contributed by atoms with Crippen LogP contribution in [0.2, 0.25) is 0 Å². The Balaban J connectivity index is 0.00000225. The van der Waals surface area contributed by atoms with Gasteiger partial charge in [0.05, 0.1) is 24.9 Å². The lowest BCUT2D eigenvalue weighted by molar-refractivity contribution is 0.00190. The number of ether oxygens (including phenoxy) is 1. The van der Waals surface area contributed by atoms with E-state index in [-0.39, 0.29) is 30.7 Å². The van der Waals surface area contributed by atoms with Crippen molar-refractivity contribution in [2.24, 2.45) is 5.92 Å². The van der Waals surface area contributed by atoms with Crippen LogP contribution in [0.5, 0.6) is 0 Å². The lowest BCUT2D eigenvalue weighted by Crippen LogP contribution is -2.52. The van der Waals surface area contributed by atoms with Crippen LogP contribution in [0.25, 0.3) is 0 Å². The van der Waals surface area contributed by atoms with Gasteiger partial charge in [-0.25, -0.2) is 4.68 Å². The first-order valence-corrected chi connectivity index (χ1v) is 10.9. The lowest BCUT2D eigenvalue weighted by atomic mass is 9.92. The minimum atomic E-state index is -0.109. The van der Waals surface area contributed by atoms with Gasteiger partial charge in [-0.15, -0.1) is 29.9 Å². The Morgan fingerprint density at radius 2 is 1.83 bits per heavy atom.